The molecule has 1 amide bonds. The van der Waals surface area contributed by atoms with Crippen LogP contribution < -0.4 is 11.1 Å². The van der Waals surface area contributed by atoms with Crippen LogP contribution in [-0.2, 0) is 16.6 Å². The van der Waals surface area contributed by atoms with Gasteiger partial charge in [0, 0.05) is 18.6 Å². The van der Waals surface area contributed by atoms with Crippen molar-refractivity contribution in [1.82, 2.24) is 24.3 Å². The zero-order valence-corrected chi connectivity index (χ0v) is 21.5. The molecule has 6 rings (SSSR count). The lowest BCUT2D eigenvalue weighted by atomic mass is 9.77. The van der Waals surface area contributed by atoms with Gasteiger partial charge in [0.25, 0.3) is 0 Å². The number of carbonyl (C=O) groups is 1. The first-order valence-electron chi connectivity index (χ1n) is 12.6. The fourth-order valence-corrected chi connectivity index (χ4v) is 5.79. The molecule has 2 aliphatic rings. The molecule has 0 bridgehead atoms. The van der Waals surface area contributed by atoms with E-state index in [4.69, 9.17) is 22.3 Å². The van der Waals surface area contributed by atoms with Crippen molar-refractivity contribution in [2.45, 2.75) is 51.4 Å². The SMILES string of the molecule is CC1CCC(Cc2nc(-c3nc(N)c4c(n3)NC(=O)[C@@]4(C)c3ccc(Cl)c(O)c3)cn3ccnc23)CC1. The molecule has 4 N–H and O–H groups in total. The number of phenolic OH excluding ortho intramolecular Hbond substituents is 1. The lowest BCUT2D eigenvalue weighted by Crippen LogP contribution is -2.32. The lowest BCUT2D eigenvalue weighted by molar-refractivity contribution is -0.119. The number of hydrogen-bond donors (Lipinski definition) is 3. The van der Waals surface area contributed by atoms with Crippen LogP contribution >= 0.6 is 11.6 Å². The summed E-state index contributed by atoms with van der Waals surface area (Å²) in [5.74, 6) is 1.76. The number of aromatic hydroxyl groups is 1. The minimum atomic E-state index is -1.19. The lowest BCUT2D eigenvalue weighted by Gasteiger charge is -2.26. The number of aromatic nitrogens is 5. The monoisotopic (exact) mass is 517 g/mol. The van der Waals surface area contributed by atoms with Gasteiger partial charge >= 0.3 is 0 Å². The number of imidazole rings is 1. The quantitative estimate of drug-likeness (QED) is 0.355. The van der Waals surface area contributed by atoms with E-state index >= 15 is 0 Å². The number of fused-ring (bicyclic) bond motifs is 2. The van der Waals surface area contributed by atoms with Crippen molar-refractivity contribution in [1.29, 1.82) is 0 Å². The van der Waals surface area contributed by atoms with Crippen LogP contribution in [0.2, 0.25) is 5.02 Å². The molecule has 4 aromatic rings. The smallest absolute Gasteiger partial charge is 0.240 e. The van der Waals surface area contributed by atoms with Gasteiger partial charge in [0.05, 0.1) is 16.3 Å². The summed E-state index contributed by atoms with van der Waals surface area (Å²) in [6.45, 7) is 4.05. The molecule has 190 valence electrons. The number of phenols is 1. The Kier molecular flexibility index (Phi) is 5.56. The van der Waals surface area contributed by atoms with Crippen molar-refractivity contribution >= 4 is 34.8 Å². The number of nitrogen functional groups attached to an aromatic ring is 1. The zero-order valence-electron chi connectivity index (χ0n) is 20.7. The fourth-order valence-electron chi connectivity index (χ4n) is 5.67. The topological polar surface area (TPSA) is 131 Å². The van der Waals surface area contributed by atoms with E-state index in [0.29, 0.717) is 34.4 Å². The van der Waals surface area contributed by atoms with E-state index in [0.717, 1.165) is 23.7 Å². The van der Waals surface area contributed by atoms with Crippen LogP contribution in [0, 0.1) is 11.8 Å². The van der Waals surface area contributed by atoms with Crippen LogP contribution in [0.15, 0.2) is 36.8 Å². The van der Waals surface area contributed by atoms with Crippen LogP contribution in [0.1, 0.15) is 56.4 Å². The summed E-state index contributed by atoms with van der Waals surface area (Å²) >= 11 is 5.99. The zero-order chi connectivity index (χ0) is 25.9. The number of rotatable bonds is 4. The van der Waals surface area contributed by atoms with Crippen molar-refractivity contribution in [2.24, 2.45) is 11.8 Å². The number of carbonyl (C=O) groups excluding carboxylic acids is 1. The summed E-state index contributed by atoms with van der Waals surface area (Å²) in [6.07, 6.45) is 11.2. The molecule has 37 heavy (non-hydrogen) atoms. The first-order chi connectivity index (χ1) is 17.7. The maximum Gasteiger partial charge on any atom is 0.240 e. The van der Waals surface area contributed by atoms with Gasteiger partial charge in [-0.2, -0.15) is 0 Å². The van der Waals surface area contributed by atoms with Crippen molar-refractivity contribution in [3.63, 3.8) is 0 Å². The Balaban J connectivity index is 1.41. The molecule has 1 atom stereocenters. The van der Waals surface area contributed by atoms with Gasteiger partial charge in [-0.05, 0) is 55.7 Å². The molecule has 1 fully saturated rings. The van der Waals surface area contributed by atoms with E-state index in [1.165, 1.54) is 31.7 Å². The van der Waals surface area contributed by atoms with E-state index in [1.807, 2.05) is 16.8 Å². The van der Waals surface area contributed by atoms with E-state index in [1.54, 1.807) is 25.3 Å². The number of halogens is 1. The summed E-state index contributed by atoms with van der Waals surface area (Å²) in [7, 11) is 0. The largest absolute Gasteiger partial charge is 0.506 e. The van der Waals surface area contributed by atoms with Gasteiger partial charge in [-0.15, -0.1) is 0 Å². The van der Waals surface area contributed by atoms with Crippen LogP contribution in [-0.4, -0.2) is 35.4 Å². The van der Waals surface area contributed by atoms with Crippen molar-refractivity contribution < 1.29 is 9.90 Å². The van der Waals surface area contributed by atoms with Gasteiger partial charge < -0.3 is 20.6 Å². The Morgan fingerprint density at radius 1 is 1.22 bits per heavy atom. The van der Waals surface area contributed by atoms with Crippen LogP contribution in [0.5, 0.6) is 5.75 Å². The second-order valence-corrected chi connectivity index (χ2v) is 10.9. The Hall–Kier alpha value is -3.72. The molecule has 1 aromatic carbocycles. The van der Waals surface area contributed by atoms with E-state index in [-0.39, 0.29) is 22.5 Å². The summed E-state index contributed by atoms with van der Waals surface area (Å²) in [6, 6.07) is 4.71. The molecule has 3 aromatic heterocycles. The number of benzene rings is 1. The third-order valence-corrected chi connectivity index (χ3v) is 8.26. The number of nitrogens with one attached hydrogen (secondary N) is 1. The molecular formula is C27H28ClN7O2. The highest BCUT2D eigenvalue weighted by Crippen LogP contribution is 2.46. The van der Waals surface area contributed by atoms with Crippen LogP contribution in [0.25, 0.3) is 17.2 Å². The Bertz CT molecular complexity index is 1540. The molecule has 0 radical (unpaired) electrons. The van der Waals surface area contributed by atoms with E-state index in [9.17, 15) is 9.90 Å². The van der Waals surface area contributed by atoms with E-state index < -0.39 is 5.41 Å². The second kappa shape index (κ2) is 8.69. The molecule has 1 aliphatic carbocycles. The highest BCUT2D eigenvalue weighted by molar-refractivity contribution is 6.32. The highest BCUT2D eigenvalue weighted by atomic mass is 35.5. The first kappa shape index (κ1) is 23.7. The molecule has 1 aliphatic heterocycles. The van der Waals surface area contributed by atoms with Gasteiger partial charge in [-0.25, -0.2) is 19.9 Å². The second-order valence-electron chi connectivity index (χ2n) is 10.5. The highest BCUT2D eigenvalue weighted by Gasteiger charge is 2.48. The van der Waals surface area contributed by atoms with Crippen molar-refractivity contribution in [2.75, 3.05) is 11.1 Å². The first-order valence-corrected chi connectivity index (χ1v) is 12.9. The molecule has 0 unspecified atom stereocenters. The summed E-state index contributed by atoms with van der Waals surface area (Å²) < 4.78 is 1.94. The maximum atomic E-state index is 13.2. The normalized spacial score (nSPS) is 23.3. The average molecular weight is 518 g/mol. The number of amides is 1. The molecule has 10 heteroatoms. The van der Waals surface area contributed by atoms with Crippen LogP contribution in [0.4, 0.5) is 11.6 Å². The Morgan fingerprint density at radius 3 is 2.76 bits per heavy atom. The minimum absolute atomic E-state index is 0.115. The third kappa shape index (κ3) is 3.89. The minimum Gasteiger partial charge on any atom is -0.506 e. The Labute approximate surface area is 219 Å². The fraction of sp³-hybridized carbons (Fsp3) is 0.370. The number of nitrogens with zero attached hydrogens (tertiary/aromatic N) is 5. The van der Waals surface area contributed by atoms with Crippen molar-refractivity contribution in [3.05, 3.63) is 58.6 Å². The molecule has 0 spiro atoms. The van der Waals surface area contributed by atoms with Gasteiger partial charge in [0.2, 0.25) is 5.91 Å². The summed E-state index contributed by atoms with van der Waals surface area (Å²) in [4.78, 5) is 31.9. The van der Waals surface area contributed by atoms with Gasteiger partial charge in [-0.1, -0.05) is 37.4 Å². The van der Waals surface area contributed by atoms with E-state index in [2.05, 4.69) is 27.2 Å². The number of nitrogens with two attached hydrogens (primary N) is 1. The molecule has 0 saturated heterocycles. The van der Waals surface area contributed by atoms with Crippen molar-refractivity contribution in [3.8, 4) is 17.3 Å². The van der Waals surface area contributed by atoms with Gasteiger partial charge in [-0.3, -0.25) is 4.79 Å². The predicted molar refractivity (Wildman–Crippen MR) is 141 cm³/mol. The molecule has 9 nitrogen and oxygen atoms in total. The molecule has 1 saturated carbocycles. The Morgan fingerprint density at radius 2 is 2.00 bits per heavy atom. The number of hydrogen-bond acceptors (Lipinski definition) is 7. The third-order valence-electron chi connectivity index (χ3n) is 7.94. The summed E-state index contributed by atoms with van der Waals surface area (Å²) in [5, 5.41) is 13.2. The standard InChI is InChI=1S/C27H28ClN7O2/c1-14-3-5-15(6-4-14)11-18-25-30-9-10-35(25)13-19(31-18)23-32-22(29)21-24(33-23)34-26(37)27(21,2)16-7-8-17(28)20(36)12-16/h7-10,12-15,36H,3-6,11H2,1-2H3,(H3,29,32,33,34,37)/t14?,15?,27-/m0/s1. The molecular weight excluding hydrogens is 490 g/mol. The summed E-state index contributed by atoms with van der Waals surface area (Å²) in [5.41, 5.74) is 8.58. The number of anilines is 2. The van der Waals surface area contributed by atoms with Crippen LogP contribution in [0.3, 0.4) is 0 Å². The average Bonchev–Trinajstić information content (AvgIpc) is 3.45. The van der Waals surface area contributed by atoms with Gasteiger partial charge in [0.1, 0.15) is 28.5 Å². The molecule has 4 heterocycles. The van der Waals surface area contributed by atoms with Gasteiger partial charge in [0.15, 0.2) is 11.5 Å². The predicted octanol–water partition coefficient (Wildman–Crippen LogP) is 4.75. The maximum absolute atomic E-state index is 13.2.